The molecule has 0 saturated heterocycles. The third kappa shape index (κ3) is 2.52. The van der Waals surface area contributed by atoms with Crippen molar-refractivity contribution in [3.63, 3.8) is 0 Å². The van der Waals surface area contributed by atoms with E-state index in [1.54, 1.807) is 6.92 Å². The Morgan fingerprint density at radius 1 is 1.24 bits per heavy atom. The maximum atomic E-state index is 13.3. The van der Waals surface area contributed by atoms with Crippen molar-refractivity contribution in [1.29, 1.82) is 0 Å². The fourth-order valence-corrected chi connectivity index (χ4v) is 2.93. The van der Waals surface area contributed by atoms with Crippen LogP contribution in [-0.4, -0.2) is 0 Å². The SMILES string of the molecule is Cc1cc(C(N)C2(C)CCCCC2)ccc1F. The summed E-state index contributed by atoms with van der Waals surface area (Å²) < 4.78 is 13.3. The number of nitrogens with two attached hydrogens (primary N) is 1. The van der Waals surface area contributed by atoms with Gasteiger partial charge in [-0.15, -0.1) is 0 Å². The van der Waals surface area contributed by atoms with Gasteiger partial charge in [0.1, 0.15) is 5.82 Å². The highest BCUT2D eigenvalue weighted by atomic mass is 19.1. The van der Waals surface area contributed by atoms with Gasteiger partial charge in [0.2, 0.25) is 0 Å². The average molecular weight is 235 g/mol. The third-order valence-corrected chi connectivity index (χ3v) is 4.29. The third-order valence-electron chi connectivity index (χ3n) is 4.29. The lowest BCUT2D eigenvalue weighted by molar-refractivity contribution is 0.170. The predicted octanol–water partition coefficient (Wildman–Crippen LogP) is 4.10. The van der Waals surface area contributed by atoms with E-state index in [1.165, 1.54) is 38.2 Å². The lowest BCUT2D eigenvalue weighted by Gasteiger charge is -2.39. The Morgan fingerprint density at radius 2 is 1.88 bits per heavy atom. The fourth-order valence-electron chi connectivity index (χ4n) is 2.93. The molecule has 1 aliphatic carbocycles. The number of benzene rings is 1. The standard InChI is InChI=1S/C15H22FN/c1-11-10-12(6-7-13(11)16)14(17)15(2)8-4-3-5-9-15/h6-7,10,14H,3-5,8-9,17H2,1-2H3. The first-order chi connectivity index (χ1) is 8.03. The van der Waals surface area contributed by atoms with Crippen LogP contribution in [-0.2, 0) is 0 Å². The molecule has 0 heterocycles. The first-order valence-electron chi connectivity index (χ1n) is 6.54. The van der Waals surface area contributed by atoms with Gasteiger partial charge in [-0.3, -0.25) is 0 Å². The van der Waals surface area contributed by atoms with E-state index in [1.807, 2.05) is 12.1 Å². The van der Waals surface area contributed by atoms with Gasteiger partial charge in [-0.05, 0) is 42.4 Å². The summed E-state index contributed by atoms with van der Waals surface area (Å²) in [6, 6.07) is 5.31. The Balaban J connectivity index is 2.23. The summed E-state index contributed by atoms with van der Waals surface area (Å²) >= 11 is 0. The Kier molecular flexibility index (Phi) is 3.53. The van der Waals surface area contributed by atoms with Gasteiger partial charge in [0.05, 0.1) is 0 Å². The fraction of sp³-hybridized carbons (Fsp3) is 0.600. The molecule has 1 aromatic rings. The van der Waals surface area contributed by atoms with Gasteiger partial charge in [0, 0.05) is 6.04 Å². The number of aryl methyl sites for hydroxylation is 1. The molecule has 0 bridgehead atoms. The van der Waals surface area contributed by atoms with E-state index in [9.17, 15) is 4.39 Å². The number of rotatable bonds is 2. The molecule has 0 spiro atoms. The highest BCUT2D eigenvalue weighted by molar-refractivity contribution is 5.27. The van der Waals surface area contributed by atoms with Gasteiger partial charge in [0.25, 0.3) is 0 Å². The minimum atomic E-state index is -0.144. The monoisotopic (exact) mass is 235 g/mol. The first-order valence-corrected chi connectivity index (χ1v) is 6.54. The summed E-state index contributed by atoms with van der Waals surface area (Å²) in [4.78, 5) is 0. The van der Waals surface area contributed by atoms with E-state index in [0.717, 1.165) is 5.56 Å². The normalized spacial score (nSPS) is 21.2. The van der Waals surface area contributed by atoms with Crippen LogP contribution in [0.2, 0.25) is 0 Å². The minimum absolute atomic E-state index is 0.0297. The van der Waals surface area contributed by atoms with Crippen LogP contribution in [0.3, 0.4) is 0 Å². The Morgan fingerprint density at radius 3 is 2.47 bits per heavy atom. The molecule has 1 atom stereocenters. The van der Waals surface area contributed by atoms with Crippen molar-refractivity contribution in [1.82, 2.24) is 0 Å². The van der Waals surface area contributed by atoms with Gasteiger partial charge < -0.3 is 5.73 Å². The van der Waals surface area contributed by atoms with Crippen molar-refractivity contribution in [3.05, 3.63) is 35.1 Å². The van der Waals surface area contributed by atoms with Gasteiger partial charge in [-0.25, -0.2) is 4.39 Å². The summed E-state index contributed by atoms with van der Waals surface area (Å²) in [5.74, 6) is -0.144. The molecular formula is C15H22FN. The van der Waals surface area contributed by atoms with Crippen molar-refractivity contribution >= 4 is 0 Å². The summed E-state index contributed by atoms with van der Waals surface area (Å²) in [5, 5.41) is 0. The molecule has 1 aromatic carbocycles. The molecule has 17 heavy (non-hydrogen) atoms. The quantitative estimate of drug-likeness (QED) is 0.820. The molecule has 1 nitrogen and oxygen atoms in total. The molecule has 1 aliphatic rings. The zero-order chi connectivity index (χ0) is 12.5. The van der Waals surface area contributed by atoms with Crippen molar-refractivity contribution in [2.75, 3.05) is 0 Å². The lowest BCUT2D eigenvalue weighted by atomic mass is 9.69. The van der Waals surface area contributed by atoms with E-state index < -0.39 is 0 Å². The molecule has 1 fully saturated rings. The number of hydrogen-bond donors (Lipinski definition) is 1. The number of hydrogen-bond acceptors (Lipinski definition) is 1. The molecule has 94 valence electrons. The van der Waals surface area contributed by atoms with Gasteiger partial charge in [-0.2, -0.15) is 0 Å². The maximum Gasteiger partial charge on any atom is 0.126 e. The second kappa shape index (κ2) is 4.77. The van der Waals surface area contributed by atoms with Crippen LogP contribution in [0, 0.1) is 18.2 Å². The second-order valence-electron chi connectivity index (χ2n) is 5.70. The van der Waals surface area contributed by atoms with Gasteiger partial charge in [-0.1, -0.05) is 38.3 Å². The Hall–Kier alpha value is -0.890. The van der Waals surface area contributed by atoms with Gasteiger partial charge in [0.15, 0.2) is 0 Å². The molecule has 2 heteroatoms. The van der Waals surface area contributed by atoms with E-state index >= 15 is 0 Å². The smallest absolute Gasteiger partial charge is 0.126 e. The van der Waals surface area contributed by atoms with Crippen LogP contribution in [0.5, 0.6) is 0 Å². The van der Waals surface area contributed by atoms with Crippen molar-refractivity contribution in [2.45, 2.75) is 52.0 Å². The molecule has 0 radical (unpaired) electrons. The molecule has 1 unspecified atom stereocenters. The van der Waals surface area contributed by atoms with Gasteiger partial charge >= 0.3 is 0 Å². The molecule has 0 amide bonds. The van der Waals surface area contributed by atoms with E-state index in [-0.39, 0.29) is 17.3 Å². The molecule has 0 aliphatic heterocycles. The maximum absolute atomic E-state index is 13.3. The molecule has 1 saturated carbocycles. The molecular weight excluding hydrogens is 213 g/mol. The van der Waals surface area contributed by atoms with Crippen molar-refractivity contribution in [3.8, 4) is 0 Å². The van der Waals surface area contributed by atoms with Crippen LogP contribution in [0.1, 0.15) is 56.2 Å². The highest BCUT2D eigenvalue weighted by Crippen LogP contribution is 2.44. The molecule has 0 aromatic heterocycles. The van der Waals surface area contributed by atoms with E-state index in [2.05, 4.69) is 6.92 Å². The van der Waals surface area contributed by atoms with Crippen LogP contribution in [0.25, 0.3) is 0 Å². The average Bonchev–Trinajstić information content (AvgIpc) is 2.33. The Bertz CT molecular complexity index is 394. The minimum Gasteiger partial charge on any atom is -0.323 e. The first kappa shape index (κ1) is 12.6. The van der Waals surface area contributed by atoms with Crippen LogP contribution in [0.4, 0.5) is 4.39 Å². The summed E-state index contributed by atoms with van der Waals surface area (Å²) in [6.45, 7) is 4.07. The summed E-state index contributed by atoms with van der Waals surface area (Å²) in [5.41, 5.74) is 8.35. The summed E-state index contributed by atoms with van der Waals surface area (Å²) in [7, 11) is 0. The topological polar surface area (TPSA) is 26.0 Å². The van der Waals surface area contributed by atoms with Crippen LogP contribution < -0.4 is 5.73 Å². The largest absolute Gasteiger partial charge is 0.323 e. The molecule has 2 N–H and O–H groups in total. The second-order valence-corrected chi connectivity index (χ2v) is 5.70. The Labute approximate surface area is 103 Å². The van der Waals surface area contributed by atoms with E-state index in [0.29, 0.717) is 5.56 Å². The van der Waals surface area contributed by atoms with E-state index in [4.69, 9.17) is 5.73 Å². The predicted molar refractivity (Wildman–Crippen MR) is 69.3 cm³/mol. The molecule has 2 rings (SSSR count). The van der Waals surface area contributed by atoms with Crippen LogP contribution in [0.15, 0.2) is 18.2 Å². The van der Waals surface area contributed by atoms with Crippen molar-refractivity contribution < 1.29 is 4.39 Å². The van der Waals surface area contributed by atoms with Crippen molar-refractivity contribution in [2.24, 2.45) is 11.1 Å². The zero-order valence-corrected chi connectivity index (χ0v) is 10.8. The highest BCUT2D eigenvalue weighted by Gasteiger charge is 2.34. The summed E-state index contributed by atoms with van der Waals surface area (Å²) in [6.07, 6.45) is 6.23. The lowest BCUT2D eigenvalue weighted by Crippen LogP contribution is -2.33. The zero-order valence-electron chi connectivity index (χ0n) is 10.8. The van der Waals surface area contributed by atoms with Crippen LogP contribution >= 0.6 is 0 Å². The number of halogens is 1.